The molecule has 150 valence electrons. The van der Waals surface area contributed by atoms with Crippen LogP contribution in [0.15, 0.2) is 43.8 Å². The molecule has 2 N–H and O–H groups in total. The van der Waals surface area contributed by atoms with Gasteiger partial charge < -0.3 is 10.2 Å². The third-order valence-corrected chi connectivity index (χ3v) is 13.5. The van der Waals surface area contributed by atoms with Crippen molar-refractivity contribution in [2.45, 2.75) is 58.0 Å². The molecule has 0 aromatic heterocycles. The summed E-state index contributed by atoms with van der Waals surface area (Å²) in [6, 6.07) is 1.69. The molecule has 0 spiro atoms. The number of halogens is 2. The summed E-state index contributed by atoms with van der Waals surface area (Å²) >= 11 is 13.4. The Hall–Kier alpha value is 0.777. The second-order valence-electron chi connectivity index (χ2n) is 8.72. The summed E-state index contributed by atoms with van der Waals surface area (Å²) in [7, 11) is -3.48. The van der Waals surface area contributed by atoms with Gasteiger partial charge >= 0.3 is 0 Å². The molecule has 0 aromatic carbocycles. The molecule has 0 aliphatic heterocycles. The molecular weight excluding hydrogens is 491 g/mol. The molecule has 2 aliphatic rings. The molecule has 0 saturated carbocycles. The van der Waals surface area contributed by atoms with Crippen molar-refractivity contribution in [2.75, 3.05) is 13.2 Å². The van der Waals surface area contributed by atoms with Crippen molar-refractivity contribution >= 4 is 39.3 Å². The summed E-state index contributed by atoms with van der Waals surface area (Å²) in [5.74, 6) is 0.161. The summed E-state index contributed by atoms with van der Waals surface area (Å²) in [6.45, 7) is 11.9. The maximum Gasteiger partial charge on any atom is 0.0829 e. The quantitative estimate of drug-likeness (QED) is 0.399. The van der Waals surface area contributed by atoms with Crippen molar-refractivity contribution < 1.29 is 36.4 Å². The molecule has 0 heterocycles. The maximum absolute atomic E-state index is 9.52. The van der Waals surface area contributed by atoms with Crippen LogP contribution in [0, 0.1) is 5.92 Å². The molecule has 0 aromatic rings. The molecule has 2 aliphatic carbocycles. The van der Waals surface area contributed by atoms with E-state index in [4.69, 9.17) is 23.2 Å². The van der Waals surface area contributed by atoms with Gasteiger partial charge in [-0.3, -0.25) is 0 Å². The van der Waals surface area contributed by atoms with Gasteiger partial charge in [-0.1, -0.05) is 78.9 Å². The van der Waals surface area contributed by atoms with E-state index in [0.29, 0.717) is 0 Å². The Labute approximate surface area is 195 Å². The number of hydrogen-bond acceptors (Lipinski definition) is 2. The first-order chi connectivity index (χ1) is 12.1. The molecule has 0 bridgehead atoms. The third kappa shape index (κ3) is 5.48. The third-order valence-electron chi connectivity index (χ3n) is 5.93. The number of aliphatic hydroxyl groups excluding tert-OH is 2. The molecule has 0 radical (unpaired) electrons. The van der Waals surface area contributed by atoms with E-state index in [0.717, 1.165) is 35.0 Å². The molecule has 0 fully saturated rings. The molecular formula is C20H32Cl2O2Si2Zr. The van der Waals surface area contributed by atoms with Crippen molar-refractivity contribution in [3.05, 3.63) is 43.8 Å². The van der Waals surface area contributed by atoms with Crippen LogP contribution in [0.25, 0.3) is 0 Å². The summed E-state index contributed by atoms with van der Waals surface area (Å²) in [5, 5.41) is 23.7. The maximum atomic E-state index is 9.52. The first kappa shape index (κ1) is 25.8. The summed E-state index contributed by atoms with van der Waals surface area (Å²) < 4.78 is 0. The minimum absolute atomic E-state index is 0. The van der Waals surface area contributed by atoms with Crippen LogP contribution in [0.3, 0.4) is 0 Å². The topological polar surface area (TPSA) is 40.5 Å². The summed E-state index contributed by atoms with van der Waals surface area (Å²) in [6.07, 6.45) is 6.14. The number of rotatable bonds is 8. The van der Waals surface area contributed by atoms with E-state index in [-0.39, 0.29) is 45.3 Å². The van der Waals surface area contributed by atoms with Crippen LogP contribution in [0.2, 0.25) is 38.3 Å². The molecule has 0 atom stereocenters. The van der Waals surface area contributed by atoms with E-state index in [9.17, 15) is 10.2 Å². The van der Waals surface area contributed by atoms with Crippen LogP contribution < -0.4 is 0 Å². The monoisotopic (exact) mass is 520 g/mol. The van der Waals surface area contributed by atoms with Crippen LogP contribution in [-0.4, -0.2) is 39.6 Å². The average Bonchev–Trinajstić information content (AvgIpc) is 3.10. The zero-order valence-electron chi connectivity index (χ0n) is 17.1. The van der Waals surface area contributed by atoms with E-state index in [2.05, 4.69) is 45.3 Å². The van der Waals surface area contributed by atoms with Gasteiger partial charge in [-0.15, -0.1) is 0 Å². The van der Waals surface area contributed by atoms with Crippen LogP contribution in [-0.2, 0) is 26.2 Å². The van der Waals surface area contributed by atoms with Gasteiger partial charge in [-0.2, -0.15) is 0 Å². The number of allylic oxidation sites excluding steroid dienone is 8. The van der Waals surface area contributed by atoms with E-state index in [1.165, 1.54) is 21.5 Å². The zero-order chi connectivity index (χ0) is 19.7. The van der Waals surface area contributed by atoms with Crippen LogP contribution in [0.5, 0.6) is 0 Å². The van der Waals surface area contributed by atoms with Crippen LogP contribution in [0.4, 0.5) is 0 Å². The van der Waals surface area contributed by atoms with E-state index < -0.39 is 16.1 Å². The van der Waals surface area contributed by atoms with E-state index in [1.54, 1.807) is 0 Å². The zero-order valence-corrected chi connectivity index (χ0v) is 23.1. The Morgan fingerprint density at radius 1 is 0.852 bits per heavy atom. The Balaban J connectivity index is 0.00000364. The number of hydrogen-bond donors (Lipinski definition) is 2. The molecule has 2 rings (SSSR count). The van der Waals surface area contributed by atoms with E-state index in [1.807, 2.05) is 0 Å². The van der Waals surface area contributed by atoms with Crippen LogP contribution in [0.1, 0.15) is 19.8 Å². The van der Waals surface area contributed by atoms with Gasteiger partial charge in [0.05, 0.1) is 16.1 Å². The van der Waals surface area contributed by atoms with Gasteiger partial charge in [0, 0.05) is 68.2 Å². The fraction of sp³-hybridized carbons (Fsp3) is 0.600. The fourth-order valence-corrected chi connectivity index (χ4v) is 10.3. The van der Waals surface area contributed by atoms with Gasteiger partial charge in [0.2, 0.25) is 0 Å². The van der Waals surface area contributed by atoms with Gasteiger partial charge in [0.1, 0.15) is 0 Å². The molecule has 7 heteroatoms. The molecule has 0 amide bonds. The van der Waals surface area contributed by atoms with E-state index >= 15 is 0 Å². The molecule has 27 heavy (non-hydrogen) atoms. The van der Waals surface area contributed by atoms with Crippen LogP contribution >= 0.6 is 23.2 Å². The first-order valence-electron chi connectivity index (χ1n) is 9.47. The van der Waals surface area contributed by atoms with Gasteiger partial charge in [-0.05, 0) is 23.2 Å². The van der Waals surface area contributed by atoms with Gasteiger partial charge in [-0.25, -0.2) is 0 Å². The Kier molecular flexibility index (Phi) is 9.75. The van der Waals surface area contributed by atoms with Crippen molar-refractivity contribution in [3.8, 4) is 0 Å². The van der Waals surface area contributed by atoms with Crippen molar-refractivity contribution in [1.29, 1.82) is 0 Å². The second-order valence-corrected chi connectivity index (χ2v) is 19.2. The Morgan fingerprint density at radius 2 is 1.19 bits per heavy atom. The standard InChI is InChI=1S/C20H32Cl2O2Si2.Zr/c1-14(19-15(21)6-8-17(19)25(2,3)12-10-23)20-16(22)7-9-18(20)26(4,5)13-11-24;/h8-9,14,23-24H,6-7,10-13H2,1-5H3;. The fourth-order valence-electron chi connectivity index (χ4n) is 4.31. The van der Waals surface area contributed by atoms with Gasteiger partial charge in [0.25, 0.3) is 0 Å². The van der Waals surface area contributed by atoms with Crippen molar-refractivity contribution in [2.24, 2.45) is 5.92 Å². The largest absolute Gasteiger partial charge is 0.397 e. The Bertz CT molecular complexity index is 636. The normalized spacial score (nSPS) is 18.3. The van der Waals surface area contributed by atoms with Crippen molar-refractivity contribution in [3.63, 3.8) is 0 Å². The first-order valence-corrected chi connectivity index (χ1v) is 16.6. The average molecular weight is 523 g/mol. The smallest absolute Gasteiger partial charge is 0.0829 e. The van der Waals surface area contributed by atoms with Gasteiger partial charge in [0.15, 0.2) is 0 Å². The van der Waals surface area contributed by atoms with Crippen molar-refractivity contribution in [1.82, 2.24) is 0 Å². The SMILES string of the molecule is CC(C1=C(Cl)CC=C1[Si](C)(C)CCO)C1=C(Cl)CC=C1[Si](C)(C)CCO.[Zr]. The minimum Gasteiger partial charge on any atom is -0.397 e. The second kappa shape index (κ2) is 10.2. The predicted molar refractivity (Wildman–Crippen MR) is 119 cm³/mol. The number of aliphatic hydroxyl groups is 2. The summed E-state index contributed by atoms with van der Waals surface area (Å²) in [5.41, 5.74) is 2.48. The molecule has 2 nitrogen and oxygen atoms in total. The minimum atomic E-state index is -1.74. The predicted octanol–water partition coefficient (Wildman–Crippen LogP) is 5.75. The summed E-state index contributed by atoms with van der Waals surface area (Å²) in [4.78, 5) is 0. The molecule has 0 unspecified atom stereocenters. The Morgan fingerprint density at radius 3 is 1.48 bits per heavy atom. The molecule has 0 saturated heterocycles.